The zero-order valence-electron chi connectivity index (χ0n) is 8.82. The third-order valence-electron chi connectivity index (χ3n) is 2.05. The standard InChI is InChI=1S/C12H14O3/c1-8(2)3-4-9-7-10(13)5-6-11(9)12(14)15/h3,5-7,13H,4H2,1-2H3,(H,14,15). The Bertz CT molecular complexity index is 401. The van der Waals surface area contributed by atoms with E-state index in [9.17, 15) is 9.90 Å². The molecule has 0 saturated heterocycles. The van der Waals surface area contributed by atoms with Gasteiger partial charge in [0.05, 0.1) is 5.56 Å². The number of phenolic OH excluding ortho intramolecular Hbond substituents is 1. The van der Waals surface area contributed by atoms with Crippen LogP contribution in [0.1, 0.15) is 29.8 Å². The molecule has 1 aromatic rings. The molecule has 3 heteroatoms. The Kier molecular flexibility index (Phi) is 3.50. The average Bonchev–Trinajstić information content (AvgIpc) is 2.14. The number of hydrogen-bond acceptors (Lipinski definition) is 2. The molecule has 0 bridgehead atoms. The Morgan fingerprint density at radius 1 is 1.40 bits per heavy atom. The Labute approximate surface area is 88.7 Å². The molecule has 1 rings (SSSR count). The highest BCUT2D eigenvalue weighted by Crippen LogP contribution is 2.18. The third kappa shape index (κ3) is 3.13. The molecular formula is C12H14O3. The fourth-order valence-corrected chi connectivity index (χ4v) is 1.27. The van der Waals surface area contributed by atoms with Crippen LogP contribution in [0.3, 0.4) is 0 Å². The smallest absolute Gasteiger partial charge is 0.335 e. The van der Waals surface area contributed by atoms with Crippen LogP contribution < -0.4 is 0 Å². The first kappa shape index (κ1) is 11.3. The zero-order valence-corrected chi connectivity index (χ0v) is 8.82. The highest BCUT2D eigenvalue weighted by Gasteiger charge is 2.09. The second-order valence-corrected chi connectivity index (χ2v) is 3.63. The molecule has 0 unspecified atom stereocenters. The summed E-state index contributed by atoms with van der Waals surface area (Å²) in [7, 11) is 0. The van der Waals surface area contributed by atoms with Crippen molar-refractivity contribution in [1.29, 1.82) is 0 Å². The number of carbonyl (C=O) groups is 1. The molecule has 0 fully saturated rings. The molecule has 1 aromatic carbocycles. The molecule has 0 aromatic heterocycles. The van der Waals surface area contributed by atoms with Crippen molar-refractivity contribution in [3.8, 4) is 5.75 Å². The van der Waals surface area contributed by atoms with Gasteiger partial charge >= 0.3 is 5.97 Å². The lowest BCUT2D eigenvalue weighted by Crippen LogP contribution is -2.01. The van der Waals surface area contributed by atoms with Crippen LogP contribution in [0.2, 0.25) is 0 Å². The average molecular weight is 206 g/mol. The number of allylic oxidation sites excluding steroid dienone is 2. The maximum absolute atomic E-state index is 10.9. The molecule has 0 heterocycles. The van der Waals surface area contributed by atoms with Crippen LogP contribution >= 0.6 is 0 Å². The monoisotopic (exact) mass is 206 g/mol. The van der Waals surface area contributed by atoms with Crippen LogP contribution in [0.25, 0.3) is 0 Å². The Hall–Kier alpha value is -1.77. The fourth-order valence-electron chi connectivity index (χ4n) is 1.27. The SMILES string of the molecule is CC(C)=CCc1cc(O)ccc1C(=O)O. The lowest BCUT2D eigenvalue weighted by atomic mass is 10.0. The summed E-state index contributed by atoms with van der Waals surface area (Å²) >= 11 is 0. The predicted octanol–water partition coefficient (Wildman–Crippen LogP) is 2.60. The topological polar surface area (TPSA) is 57.5 Å². The quantitative estimate of drug-likeness (QED) is 0.747. The number of carboxylic acids is 1. The van der Waals surface area contributed by atoms with Gasteiger partial charge in [-0.25, -0.2) is 4.79 Å². The summed E-state index contributed by atoms with van der Waals surface area (Å²) in [5, 5.41) is 18.2. The first-order valence-corrected chi connectivity index (χ1v) is 4.69. The molecule has 15 heavy (non-hydrogen) atoms. The summed E-state index contributed by atoms with van der Waals surface area (Å²) in [5.74, 6) is -0.871. The van der Waals surface area contributed by atoms with E-state index in [1.54, 1.807) is 0 Å². The zero-order chi connectivity index (χ0) is 11.4. The van der Waals surface area contributed by atoms with Gasteiger partial charge < -0.3 is 10.2 Å². The summed E-state index contributed by atoms with van der Waals surface area (Å²) in [6, 6.07) is 4.30. The van der Waals surface area contributed by atoms with Crippen molar-refractivity contribution < 1.29 is 15.0 Å². The molecule has 0 saturated carbocycles. The third-order valence-corrected chi connectivity index (χ3v) is 2.05. The van der Waals surface area contributed by atoms with Crippen molar-refractivity contribution in [1.82, 2.24) is 0 Å². The number of aromatic hydroxyl groups is 1. The maximum Gasteiger partial charge on any atom is 0.335 e. The van der Waals surface area contributed by atoms with E-state index in [1.807, 2.05) is 19.9 Å². The molecule has 0 radical (unpaired) electrons. The fraction of sp³-hybridized carbons (Fsp3) is 0.250. The first-order chi connectivity index (χ1) is 7.00. The number of benzene rings is 1. The highest BCUT2D eigenvalue weighted by atomic mass is 16.4. The van der Waals surface area contributed by atoms with Gasteiger partial charge in [0.2, 0.25) is 0 Å². The van der Waals surface area contributed by atoms with E-state index < -0.39 is 5.97 Å². The van der Waals surface area contributed by atoms with E-state index in [4.69, 9.17) is 5.11 Å². The van der Waals surface area contributed by atoms with Crippen molar-refractivity contribution in [2.75, 3.05) is 0 Å². The highest BCUT2D eigenvalue weighted by molar-refractivity contribution is 5.89. The van der Waals surface area contributed by atoms with E-state index in [1.165, 1.54) is 18.2 Å². The number of carboxylic acid groups (broad SMARTS) is 1. The lowest BCUT2D eigenvalue weighted by molar-refractivity contribution is 0.0696. The van der Waals surface area contributed by atoms with Gasteiger partial charge in [-0.2, -0.15) is 0 Å². The first-order valence-electron chi connectivity index (χ1n) is 4.69. The lowest BCUT2D eigenvalue weighted by Gasteiger charge is -2.04. The largest absolute Gasteiger partial charge is 0.508 e. The number of aromatic carboxylic acids is 1. The van der Waals surface area contributed by atoms with Crippen LogP contribution in [0.4, 0.5) is 0 Å². The summed E-state index contributed by atoms with van der Waals surface area (Å²) in [6.45, 7) is 3.90. The van der Waals surface area contributed by atoms with Gasteiger partial charge in [0.25, 0.3) is 0 Å². The van der Waals surface area contributed by atoms with Gasteiger partial charge in [-0.1, -0.05) is 11.6 Å². The Morgan fingerprint density at radius 2 is 2.07 bits per heavy atom. The molecule has 0 aliphatic heterocycles. The predicted molar refractivity (Wildman–Crippen MR) is 58.2 cm³/mol. The molecule has 0 amide bonds. The van der Waals surface area contributed by atoms with Gasteiger partial charge in [0, 0.05) is 0 Å². The van der Waals surface area contributed by atoms with E-state index >= 15 is 0 Å². The number of phenols is 1. The van der Waals surface area contributed by atoms with Gasteiger partial charge in [0.1, 0.15) is 5.75 Å². The summed E-state index contributed by atoms with van der Waals surface area (Å²) in [4.78, 5) is 10.9. The molecular weight excluding hydrogens is 192 g/mol. The van der Waals surface area contributed by atoms with E-state index in [0.717, 1.165) is 5.57 Å². The van der Waals surface area contributed by atoms with Crippen LogP contribution in [0.15, 0.2) is 29.8 Å². The minimum Gasteiger partial charge on any atom is -0.508 e. The van der Waals surface area contributed by atoms with Crippen molar-refractivity contribution in [3.05, 3.63) is 41.0 Å². The van der Waals surface area contributed by atoms with Crippen molar-refractivity contribution in [2.45, 2.75) is 20.3 Å². The van der Waals surface area contributed by atoms with Crippen LogP contribution in [-0.2, 0) is 6.42 Å². The van der Waals surface area contributed by atoms with E-state index in [2.05, 4.69) is 0 Å². The summed E-state index contributed by atoms with van der Waals surface area (Å²) < 4.78 is 0. The maximum atomic E-state index is 10.9. The summed E-state index contributed by atoms with van der Waals surface area (Å²) in [6.07, 6.45) is 2.46. The summed E-state index contributed by atoms with van der Waals surface area (Å²) in [5.41, 5.74) is 1.99. The number of hydrogen-bond donors (Lipinski definition) is 2. The Morgan fingerprint density at radius 3 is 2.60 bits per heavy atom. The van der Waals surface area contributed by atoms with Gasteiger partial charge in [0.15, 0.2) is 0 Å². The molecule has 2 N–H and O–H groups in total. The second kappa shape index (κ2) is 4.64. The van der Waals surface area contributed by atoms with Gasteiger partial charge in [-0.15, -0.1) is 0 Å². The van der Waals surface area contributed by atoms with Crippen LogP contribution in [0, 0.1) is 0 Å². The molecule has 0 atom stereocenters. The van der Waals surface area contributed by atoms with E-state index in [-0.39, 0.29) is 11.3 Å². The molecule has 0 aliphatic rings. The van der Waals surface area contributed by atoms with Gasteiger partial charge in [-0.05, 0) is 44.0 Å². The van der Waals surface area contributed by atoms with Gasteiger partial charge in [-0.3, -0.25) is 0 Å². The van der Waals surface area contributed by atoms with Crippen molar-refractivity contribution in [2.24, 2.45) is 0 Å². The van der Waals surface area contributed by atoms with Crippen LogP contribution in [0.5, 0.6) is 5.75 Å². The van der Waals surface area contributed by atoms with Crippen molar-refractivity contribution >= 4 is 5.97 Å². The number of rotatable bonds is 3. The normalized spacial score (nSPS) is 9.73. The van der Waals surface area contributed by atoms with Crippen LogP contribution in [-0.4, -0.2) is 16.2 Å². The molecule has 80 valence electrons. The van der Waals surface area contributed by atoms with E-state index in [0.29, 0.717) is 12.0 Å². The second-order valence-electron chi connectivity index (χ2n) is 3.63. The molecule has 3 nitrogen and oxygen atoms in total. The van der Waals surface area contributed by atoms with Crippen molar-refractivity contribution in [3.63, 3.8) is 0 Å². The molecule has 0 spiro atoms. The molecule has 0 aliphatic carbocycles. The minimum atomic E-state index is -0.966. The Balaban J connectivity index is 3.07. The minimum absolute atomic E-state index is 0.0946.